The van der Waals surface area contributed by atoms with E-state index in [2.05, 4.69) is 26.6 Å². The molecule has 0 aromatic rings. The third-order valence-electron chi connectivity index (χ3n) is 16.0. The molecule has 0 aromatic heterocycles. The molecule has 0 saturated carbocycles. The quantitative estimate of drug-likeness (QED) is 0.122. The largest absolute Gasteiger partial charge is 0.550 e. The zero-order valence-electron chi connectivity index (χ0n) is 63.3. The fourth-order valence-corrected chi connectivity index (χ4v) is 14.0. The summed E-state index contributed by atoms with van der Waals surface area (Å²) >= 11 is 0. The predicted molar refractivity (Wildman–Crippen MR) is 342 cm³/mol. The third-order valence-corrected chi connectivity index (χ3v) is 16.0. The summed E-state index contributed by atoms with van der Waals surface area (Å²) < 4.78 is 0. The molecule has 5 amide bonds. The average molecular weight is 1370 g/mol. The number of carboxylic acid groups (broad SMARTS) is 5. The molecular formula is C65H130N10O20. The number of nitrogens with one attached hydrogen (secondary N) is 10. The minimum Gasteiger partial charge on any atom is -0.550 e. The van der Waals surface area contributed by atoms with Crippen molar-refractivity contribution in [3.8, 4) is 0 Å². The van der Waals surface area contributed by atoms with Crippen molar-refractivity contribution in [2.24, 2.45) is 0 Å². The molecule has 30 nitrogen and oxygen atoms in total. The molecule has 0 aliphatic carbocycles. The Morgan fingerprint density at radius 2 is 0.295 bits per heavy atom. The summed E-state index contributed by atoms with van der Waals surface area (Å²) in [5, 5.41) is 113. The maximum atomic E-state index is 11.0. The van der Waals surface area contributed by atoms with Crippen molar-refractivity contribution in [1.29, 1.82) is 0 Å². The Balaban J connectivity index is -0.000000331. The minimum atomic E-state index is -1.08. The van der Waals surface area contributed by atoms with Crippen molar-refractivity contribution in [3.63, 3.8) is 0 Å². The fourth-order valence-electron chi connectivity index (χ4n) is 14.0. The number of carbonyl (C=O) groups is 10. The normalized spacial score (nSPS) is 27.7. The molecule has 5 saturated heterocycles. The zero-order chi connectivity index (χ0) is 77.2. The Morgan fingerprint density at radius 3 is 0.347 bits per heavy atom. The predicted octanol–water partition coefficient (Wildman–Crippen LogP) is -5.64. The molecule has 5 rings (SSSR count). The van der Waals surface area contributed by atoms with Crippen LogP contribution in [0.15, 0.2) is 0 Å². The van der Waals surface area contributed by atoms with E-state index in [1.54, 1.807) is 0 Å². The number of piperidine rings is 5. The molecule has 0 atom stereocenters. The number of carbonyl (C=O) groups excluding carboxylic acids is 10. The summed E-state index contributed by atoms with van der Waals surface area (Å²) in [7, 11) is 0. The lowest BCUT2D eigenvalue weighted by Crippen LogP contribution is -3.25. The molecule has 5 fully saturated rings. The Labute approximate surface area is 566 Å². The smallest absolute Gasteiger partial charge is 0.217 e. The first-order valence-electron chi connectivity index (χ1n) is 32.0. The number of amides is 5. The molecule has 5 heterocycles. The molecule has 30 heteroatoms. The van der Waals surface area contributed by atoms with Crippen LogP contribution in [0.5, 0.6) is 0 Å². The van der Waals surface area contributed by atoms with Crippen molar-refractivity contribution in [1.82, 2.24) is 26.6 Å². The van der Waals surface area contributed by atoms with Crippen molar-refractivity contribution in [2.45, 2.75) is 358 Å². The Morgan fingerprint density at radius 1 is 0.232 bits per heavy atom. The second-order valence-corrected chi connectivity index (χ2v) is 32.1. The van der Waals surface area contributed by atoms with E-state index in [9.17, 15) is 50.0 Å². The molecule has 0 radical (unpaired) electrons. The van der Waals surface area contributed by atoms with E-state index in [4.69, 9.17) is 49.5 Å². The van der Waals surface area contributed by atoms with Crippen LogP contribution in [-0.2, 0) is 47.9 Å². The van der Waals surface area contributed by atoms with Crippen LogP contribution in [0, 0.1) is 0 Å². The summed E-state index contributed by atoms with van der Waals surface area (Å²) in [5.74, 6) is -5.38. The van der Waals surface area contributed by atoms with Gasteiger partial charge < -0.3 is 76.1 Å². The van der Waals surface area contributed by atoms with E-state index >= 15 is 0 Å². The molecule has 0 bridgehead atoms. The number of quaternary nitrogens is 5. The van der Waals surface area contributed by atoms with Gasteiger partial charge in [0.2, 0.25) is 29.5 Å². The van der Waals surface area contributed by atoms with Gasteiger partial charge in [-0.05, 0) is 173 Å². The molecule has 0 spiro atoms. The van der Waals surface area contributed by atoms with E-state index in [1.807, 2.05) is 138 Å². The monoisotopic (exact) mass is 1370 g/mol. The summed E-state index contributed by atoms with van der Waals surface area (Å²) in [6.45, 7) is 53.1. The topological polar surface area (TPSA) is 469 Å². The zero-order valence-corrected chi connectivity index (χ0v) is 63.3. The van der Waals surface area contributed by atoms with Gasteiger partial charge in [-0.3, -0.25) is 24.0 Å². The molecule has 15 N–H and O–H groups in total. The van der Waals surface area contributed by atoms with Gasteiger partial charge in [0.05, 0.1) is 0 Å². The first-order valence-corrected chi connectivity index (χ1v) is 32.0. The maximum Gasteiger partial charge on any atom is 0.217 e. The summed E-state index contributed by atoms with van der Waals surface area (Å²) in [5.41, 5.74) is -2.13. The number of rotatable bonds is 5. The van der Waals surface area contributed by atoms with Gasteiger partial charge in [-0.2, -0.15) is 25.3 Å². The Kier molecular flexibility index (Phi) is 41.5. The van der Waals surface area contributed by atoms with Gasteiger partial charge in [-0.1, -0.05) is 0 Å². The number of hydrogen-bond acceptors (Lipinski definition) is 20. The van der Waals surface area contributed by atoms with Crippen LogP contribution in [0.4, 0.5) is 0 Å². The lowest BCUT2D eigenvalue weighted by molar-refractivity contribution is -1.16. The highest BCUT2D eigenvalue weighted by Gasteiger charge is 2.54. The van der Waals surface area contributed by atoms with Gasteiger partial charge in [0.15, 0.2) is 0 Å². The van der Waals surface area contributed by atoms with Crippen LogP contribution in [0.3, 0.4) is 0 Å². The first kappa shape index (κ1) is 98.0. The lowest BCUT2D eigenvalue weighted by Gasteiger charge is -2.47. The van der Waals surface area contributed by atoms with Gasteiger partial charge >= 0.3 is 0 Å². The summed E-state index contributed by atoms with van der Waals surface area (Å²) in [4.78, 5) is 99.6. The van der Waals surface area contributed by atoms with Crippen LogP contribution in [0.2, 0.25) is 0 Å². The van der Waals surface area contributed by atoms with E-state index in [1.165, 1.54) is 34.6 Å². The van der Waals surface area contributed by atoms with Gasteiger partial charge in [0.25, 0.3) is 0 Å². The molecule has 0 aromatic carbocycles. The SMILES string of the molecule is CC(=O)NC1CC(C)(C)[NH+](O)C(C)(C)C1.CC(=O)NC1CC(C)(C)[NH+](O)C(C)(C)C1.CC(=O)NC1CC(C)(C)[NH+](O)C(C)(C)C1.CC(=O)NC1CC(C)(C)[NH+](O)C(C)(C)C1.CC(=O)NC1CC(C)(C)[NH+](O)C(C)(C)C1.CC(=O)[O-].CC(=O)[O-].CC(=O)[O-].CC(=O)[O-].CC(=O)[O-]. The van der Waals surface area contributed by atoms with Gasteiger partial charge in [-0.15, -0.1) is 0 Å². The average Bonchev–Trinajstić information content (AvgIpc) is 0.825. The highest BCUT2D eigenvalue weighted by atomic mass is 16.5. The number of carboxylic acids is 5. The first-order chi connectivity index (χ1) is 41.9. The van der Waals surface area contributed by atoms with Gasteiger partial charge in [-0.25, -0.2) is 26.0 Å². The third kappa shape index (κ3) is 42.6. The van der Waals surface area contributed by atoms with Crippen LogP contribution >= 0.6 is 0 Å². The maximum absolute atomic E-state index is 11.0. The molecule has 560 valence electrons. The van der Waals surface area contributed by atoms with Crippen molar-refractivity contribution < 1.29 is 125 Å². The molecule has 0 unspecified atom stereocenters. The Hall–Kier alpha value is -5.70. The second kappa shape index (κ2) is 40.3. The van der Waals surface area contributed by atoms with Crippen molar-refractivity contribution in [2.75, 3.05) is 0 Å². The standard InChI is InChI=1S/5C11H22N2O2.5C2H4O2/c5*1-8(14)12-9-6-10(2,3)13(15)11(4,5)7-9;5*1-2(3)4/h5*9,15H,6-7H2,1-5H3,(H,12,14);5*1H3,(H,3,4). The summed E-state index contributed by atoms with van der Waals surface area (Å²) in [6, 6.07) is 0.849. The van der Waals surface area contributed by atoms with Crippen LogP contribution in [0.1, 0.15) is 272 Å². The van der Waals surface area contributed by atoms with Crippen LogP contribution in [0.25, 0.3) is 0 Å². The highest BCUT2D eigenvalue weighted by Crippen LogP contribution is 2.27. The fraction of sp³-hybridized carbons (Fsp3) is 0.846. The molecule has 5 aliphatic rings. The number of hydrogen-bond donors (Lipinski definition) is 15. The van der Waals surface area contributed by atoms with Crippen LogP contribution < -0.4 is 77.4 Å². The molecule has 5 aliphatic heterocycles. The van der Waals surface area contributed by atoms with Crippen molar-refractivity contribution >= 4 is 59.4 Å². The van der Waals surface area contributed by atoms with E-state index in [0.29, 0.717) is 25.3 Å². The molecule has 95 heavy (non-hydrogen) atoms. The number of aliphatic carboxylic acids is 5. The van der Waals surface area contributed by atoms with E-state index < -0.39 is 29.8 Å². The van der Waals surface area contributed by atoms with Crippen LogP contribution in [-0.4, -0.2) is 171 Å². The second-order valence-electron chi connectivity index (χ2n) is 32.1. The van der Waals surface area contributed by atoms with E-state index in [0.717, 1.165) is 98.8 Å². The van der Waals surface area contributed by atoms with Gasteiger partial charge in [0, 0.05) is 159 Å². The highest BCUT2D eigenvalue weighted by molar-refractivity contribution is 5.74. The minimum absolute atomic E-state index is 0.00740. The Bertz CT molecular complexity index is 1970. The number of hydroxylamine groups is 10. The lowest BCUT2D eigenvalue weighted by atomic mass is 9.79. The molecular weight excluding hydrogens is 1240 g/mol. The summed E-state index contributed by atoms with van der Waals surface area (Å²) in [6.07, 6.45) is 8.07. The van der Waals surface area contributed by atoms with Gasteiger partial charge in [0.1, 0.15) is 55.4 Å². The van der Waals surface area contributed by atoms with E-state index in [-0.39, 0.29) is 115 Å². The van der Waals surface area contributed by atoms with Crippen molar-refractivity contribution in [3.05, 3.63) is 0 Å².